The monoisotopic (exact) mass is 710 g/mol. The zero-order chi connectivity index (χ0) is 37.8. The van der Waals surface area contributed by atoms with E-state index in [1.165, 1.54) is 38.8 Å². The normalized spacial score (nSPS) is 13.9. The first-order chi connectivity index (χ1) is 25.8. The summed E-state index contributed by atoms with van der Waals surface area (Å²) in [5, 5.41) is 2.36. The molecule has 1 aliphatic heterocycles. The summed E-state index contributed by atoms with van der Waals surface area (Å²) in [5.41, 5.74) is 9.35. The molecule has 0 saturated carbocycles. The van der Waals surface area contributed by atoms with E-state index in [2.05, 4.69) is 203 Å². The van der Waals surface area contributed by atoms with Gasteiger partial charge in [-0.3, -0.25) is 4.57 Å². The molecule has 1 aliphatic rings. The number of hydrogen-bond donors (Lipinski definition) is 0. The first kappa shape index (κ1) is 35.2. The molecule has 5 aromatic carbocycles. The zero-order valence-electron chi connectivity index (χ0n) is 32.8. The first-order valence-electron chi connectivity index (χ1n) is 19.0. The molecule has 5 nitrogen and oxygen atoms in total. The van der Waals surface area contributed by atoms with Crippen LogP contribution >= 0.6 is 0 Å². The number of fused-ring (bicyclic) bond motifs is 3. The maximum absolute atomic E-state index is 6.68. The fourth-order valence-electron chi connectivity index (χ4n) is 7.63. The maximum Gasteiger partial charge on any atom is 0.137 e. The number of allylic oxidation sites excluding steroid dienone is 1. The van der Waals surface area contributed by atoms with Gasteiger partial charge < -0.3 is 14.5 Å². The summed E-state index contributed by atoms with van der Waals surface area (Å²) in [5.74, 6) is 2.47. The number of nitrogens with zero attached hydrogens (tertiary/aromatic N) is 4. The molecular weight excluding hydrogens is 661 g/mol. The van der Waals surface area contributed by atoms with Crippen molar-refractivity contribution >= 4 is 33.2 Å². The maximum atomic E-state index is 6.68. The molecule has 0 radical (unpaired) electrons. The minimum atomic E-state index is -0.239. The highest BCUT2D eigenvalue weighted by Crippen LogP contribution is 2.42. The number of para-hydroxylation sites is 1. The Morgan fingerprint density at radius 1 is 0.537 bits per heavy atom. The van der Waals surface area contributed by atoms with E-state index in [0.29, 0.717) is 6.67 Å². The van der Waals surface area contributed by atoms with Crippen molar-refractivity contribution in [3.05, 3.63) is 168 Å². The van der Waals surface area contributed by atoms with Crippen LogP contribution in [0.3, 0.4) is 0 Å². The summed E-state index contributed by atoms with van der Waals surface area (Å²) in [6.07, 6.45) is 4.24. The van der Waals surface area contributed by atoms with Crippen molar-refractivity contribution in [3.63, 3.8) is 0 Å². The van der Waals surface area contributed by atoms with Crippen LogP contribution in [0.1, 0.15) is 72.1 Å². The summed E-state index contributed by atoms with van der Waals surface area (Å²) in [6, 6.07) is 47.5. The van der Waals surface area contributed by atoms with Gasteiger partial charge in [0.25, 0.3) is 0 Å². The van der Waals surface area contributed by atoms with Crippen LogP contribution in [0.4, 0.5) is 11.4 Å². The molecule has 0 spiro atoms. The number of aromatic nitrogens is 2. The lowest BCUT2D eigenvalue weighted by Crippen LogP contribution is -2.34. The van der Waals surface area contributed by atoms with E-state index in [4.69, 9.17) is 9.72 Å². The van der Waals surface area contributed by atoms with E-state index in [0.717, 1.165) is 34.0 Å². The Morgan fingerprint density at radius 3 is 1.96 bits per heavy atom. The van der Waals surface area contributed by atoms with Gasteiger partial charge >= 0.3 is 0 Å². The van der Waals surface area contributed by atoms with Gasteiger partial charge in [-0.1, -0.05) is 122 Å². The Bertz CT molecular complexity index is 2510. The Balaban J connectivity index is 1.16. The zero-order valence-corrected chi connectivity index (χ0v) is 32.8. The number of pyridine rings is 1. The summed E-state index contributed by atoms with van der Waals surface area (Å²) >= 11 is 0. The van der Waals surface area contributed by atoms with Crippen LogP contribution in [0, 0.1) is 0 Å². The summed E-state index contributed by atoms with van der Waals surface area (Å²) < 4.78 is 8.95. The Kier molecular flexibility index (Phi) is 8.64. The SMILES string of the molecule is CC(C)(C)c1cccc(N2CN(c3cccc(Oc4ccc5c6ccccc6n(-c6cc(C(C)(C)C)ccn6)c5c4)c3)C=C2C(C)(C)c2ccccc2)c1. The third kappa shape index (κ3) is 6.53. The smallest absolute Gasteiger partial charge is 0.137 e. The van der Waals surface area contributed by atoms with Crippen LogP contribution < -0.4 is 14.5 Å². The van der Waals surface area contributed by atoms with Crippen LogP contribution in [-0.4, -0.2) is 16.2 Å². The lowest BCUT2D eigenvalue weighted by Gasteiger charge is -2.34. The number of anilines is 2. The number of benzene rings is 5. The quantitative estimate of drug-likeness (QED) is 0.165. The molecule has 7 aromatic rings. The lowest BCUT2D eigenvalue weighted by atomic mass is 9.81. The predicted octanol–water partition coefficient (Wildman–Crippen LogP) is 12.7. The highest BCUT2D eigenvalue weighted by atomic mass is 16.5. The molecule has 0 amide bonds. The van der Waals surface area contributed by atoms with E-state index < -0.39 is 0 Å². The highest BCUT2D eigenvalue weighted by Gasteiger charge is 2.36. The average molecular weight is 711 g/mol. The Hall–Kier alpha value is -5.81. The molecule has 2 aromatic heterocycles. The molecule has 272 valence electrons. The van der Waals surface area contributed by atoms with E-state index in [1.54, 1.807) is 0 Å². The number of rotatable bonds is 7. The molecule has 8 rings (SSSR count). The van der Waals surface area contributed by atoms with Gasteiger partial charge in [-0.2, -0.15) is 0 Å². The first-order valence-corrected chi connectivity index (χ1v) is 19.0. The van der Waals surface area contributed by atoms with Crippen molar-refractivity contribution in [1.29, 1.82) is 0 Å². The summed E-state index contributed by atoms with van der Waals surface area (Å²) in [7, 11) is 0. The van der Waals surface area contributed by atoms with Gasteiger partial charge in [0.15, 0.2) is 0 Å². The van der Waals surface area contributed by atoms with Gasteiger partial charge in [0, 0.05) is 57.8 Å². The van der Waals surface area contributed by atoms with Crippen LogP contribution in [0.5, 0.6) is 11.5 Å². The minimum absolute atomic E-state index is 0.00578. The summed E-state index contributed by atoms with van der Waals surface area (Å²) in [6.45, 7) is 18.9. The molecule has 3 heterocycles. The topological polar surface area (TPSA) is 33.5 Å². The number of ether oxygens (including phenoxy) is 1. The fourth-order valence-corrected chi connectivity index (χ4v) is 7.63. The van der Waals surface area contributed by atoms with Crippen molar-refractivity contribution in [1.82, 2.24) is 9.55 Å². The van der Waals surface area contributed by atoms with E-state index in [-0.39, 0.29) is 16.2 Å². The second kappa shape index (κ2) is 13.2. The third-order valence-corrected chi connectivity index (χ3v) is 10.9. The van der Waals surface area contributed by atoms with Gasteiger partial charge in [0.2, 0.25) is 0 Å². The standard InChI is InChI=1S/C49H50N4O/c1-47(2,3)35-18-14-20-38(28-35)52-33-51(32-45(52)49(7,8)34-16-10-9-11-17-34)37-19-15-21-39(30-37)54-40-24-25-42-41-22-12-13-23-43(41)53(44(42)31-40)46-29-36(26-27-50-46)48(4,5)6/h9-32H,33H2,1-8H3. The van der Waals surface area contributed by atoms with Crippen molar-refractivity contribution in [2.75, 3.05) is 16.5 Å². The summed E-state index contributed by atoms with van der Waals surface area (Å²) in [4.78, 5) is 9.66. The van der Waals surface area contributed by atoms with Gasteiger partial charge in [0.05, 0.1) is 17.7 Å². The van der Waals surface area contributed by atoms with Crippen LogP contribution in [-0.2, 0) is 16.2 Å². The molecule has 0 unspecified atom stereocenters. The molecule has 0 saturated heterocycles. The molecule has 0 bridgehead atoms. The van der Waals surface area contributed by atoms with Gasteiger partial charge in [0.1, 0.15) is 17.3 Å². The molecule has 54 heavy (non-hydrogen) atoms. The second-order valence-corrected chi connectivity index (χ2v) is 17.1. The van der Waals surface area contributed by atoms with Crippen LogP contribution in [0.25, 0.3) is 27.6 Å². The second-order valence-electron chi connectivity index (χ2n) is 17.1. The number of hydrogen-bond acceptors (Lipinski definition) is 4. The molecule has 0 aliphatic carbocycles. The average Bonchev–Trinajstić information content (AvgIpc) is 3.76. The van der Waals surface area contributed by atoms with Crippen molar-refractivity contribution in [3.8, 4) is 17.3 Å². The van der Waals surface area contributed by atoms with Crippen LogP contribution in [0.2, 0.25) is 0 Å². The molecular formula is C49H50N4O. The van der Waals surface area contributed by atoms with Crippen molar-refractivity contribution < 1.29 is 4.74 Å². The minimum Gasteiger partial charge on any atom is -0.457 e. The largest absolute Gasteiger partial charge is 0.457 e. The lowest BCUT2D eigenvalue weighted by molar-refractivity contribution is 0.483. The Morgan fingerprint density at radius 2 is 1.19 bits per heavy atom. The van der Waals surface area contributed by atoms with E-state index >= 15 is 0 Å². The van der Waals surface area contributed by atoms with Crippen molar-refractivity contribution in [2.45, 2.75) is 71.6 Å². The van der Waals surface area contributed by atoms with E-state index in [1.807, 2.05) is 12.3 Å². The third-order valence-electron chi connectivity index (χ3n) is 10.9. The van der Waals surface area contributed by atoms with Gasteiger partial charge in [-0.15, -0.1) is 0 Å². The predicted molar refractivity (Wildman–Crippen MR) is 226 cm³/mol. The molecule has 0 N–H and O–H groups in total. The van der Waals surface area contributed by atoms with Crippen molar-refractivity contribution in [2.24, 2.45) is 0 Å². The fraction of sp³-hybridized carbons (Fsp3) is 0.245. The molecule has 0 fully saturated rings. The van der Waals surface area contributed by atoms with Gasteiger partial charge in [-0.05, 0) is 82.1 Å². The van der Waals surface area contributed by atoms with Gasteiger partial charge in [-0.25, -0.2) is 4.98 Å². The molecule has 5 heteroatoms. The van der Waals surface area contributed by atoms with E-state index in [9.17, 15) is 0 Å². The van der Waals surface area contributed by atoms with Crippen LogP contribution in [0.15, 0.2) is 152 Å². The highest BCUT2D eigenvalue weighted by molar-refractivity contribution is 6.09. The molecule has 0 atom stereocenters. The Labute approximate surface area is 320 Å².